The number of urea groups is 1. The number of hydrogen-bond donors (Lipinski definition) is 3. The maximum Gasteiger partial charge on any atom is 0.315 e. The molecule has 128 valence electrons. The lowest BCUT2D eigenvalue weighted by molar-refractivity contribution is 0.153. The molecule has 1 aromatic carbocycles. The standard InChI is InChI=1S/C18H29N3O2/c1-21(2)12-15-7-5-6-14(10-15)11-19-18(23)20-17-9-4-3-8-16(17)13-22/h5-7,10,16-17,22H,3-4,8-9,11-13H2,1-2H3,(H2,19,20,23). The van der Waals surface area contributed by atoms with Crippen molar-refractivity contribution in [1.82, 2.24) is 15.5 Å². The summed E-state index contributed by atoms with van der Waals surface area (Å²) in [6, 6.07) is 8.21. The predicted octanol–water partition coefficient (Wildman–Crippen LogP) is 2.10. The van der Waals surface area contributed by atoms with Crippen LogP contribution in [0.25, 0.3) is 0 Å². The molecule has 1 saturated carbocycles. The van der Waals surface area contributed by atoms with Crippen LogP contribution >= 0.6 is 0 Å². The molecule has 23 heavy (non-hydrogen) atoms. The molecule has 0 aliphatic heterocycles. The fourth-order valence-corrected chi connectivity index (χ4v) is 3.22. The number of carbonyl (C=O) groups is 1. The van der Waals surface area contributed by atoms with Gasteiger partial charge in [0.25, 0.3) is 0 Å². The lowest BCUT2D eigenvalue weighted by atomic mass is 9.85. The zero-order chi connectivity index (χ0) is 16.7. The Kier molecular flexibility index (Phi) is 6.86. The fourth-order valence-electron chi connectivity index (χ4n) is 3.22. The van der Waals surface area contributed by atoms with Crippen LogP contribution < -0.4 is 10.6 Å². The summed E-state index contributed by atoms with van der Waals surface area (Å²) in [6.45, 7) is 1.56. The van der Waals surface area contributed by atoms with Crippen LogP contribution in [-0.4, -0.2) is 42.8 Å². The van der Waals surface area contributed by atoms with Gasteiger partial charge in [-0.2, -0.15) is 0 Å². The second-order valence-corrected chi connectivity index (χ2v) is 6.72. The van der Waals surface area contributed by atoms with Crippen LogP contribution in [0, 0.1) is 5.92 Å². The first-order valence-corrected chi connectivity index (χ1v) is 8.46. The number of carbonyl (C=O) groups excluding carboxylic acids is 1. The van der Waals surface area contributed by atoms with Crippen molar-refractivity contribution in [3.8, 4) is 0 Å². The Morgan fingerprint density at radius 3 is 2.74 bits per heavy atom. The molecule has 2 atom stereocenters. The van der Waals surface area contributed by atoms with E-state index in [4.69, 9.17) is 0 Å². The SMILES string of the molecule is CN(C)Cc1cccc(CNC(=O)NC2CCCCC2CO)c1. The van der Waals surface area contributed by atoms with Gasteiger partial charge in [0.05, 0.1) is 0 Å². The average molecular weight is 319 g/mol. The van der Waals surface area contributed by atoms with Gasteiger partial charge in [0.2, 0.25) is 0 Å². The van der Waals surface area contributed by atoms with Crippen molar-refractivity contribution in [1.29, 1.82) is 0 Å². The van der Waals surface area contributed by atoms with Crippen LogP contribution in [0.5, 0.6) is 0 Å². The smallest absolute Gasteiger partial charge is 0.315 e. The number of nitrogens with one attached hydrogen (secondary N) is 2. The first kappa shape index (κ1) is 17.8. The van der Waals surface area contributed by atoms with Crippen molar-refractivity contribution < 1.29 is 9.90 Å². The highest BCUT2D eigenvalue weighted by Crippen LogP contribution is 2.23. The van der Waals surface area contributed by atoms with Crippen LogP contribution in [-0.2, 0) is 13.1 Å². The topological polar surface area (TPSA) is 64.6 Å². The molecule has 0 bridgehead atoms. The summed E-state index contributed by atoms with van der Waals surface area (Å²) >= 11 is 0. The molecule has 0 saturated heterocycles. The van der Waals surface area contributed by atoms with Crippen molar-refractivity contribution in [2.24, 2.45) is 5.92 Å². The quantitative estimate of drug-likeness (QED) is 0.752. The maximum atomic E-state index is 12.1. The number of rotatable bonds is 6. The molecule has 1 aliphatic rings. The van der Waals surface area contributed by atoms with E-state index in [0.29, 0.717) is 6.54 Å². The van der Waals surface area contributed by atoms with Gasteiger partial charge in [0, 0.05) is 31.7 Å². The fraction of sp³-hybridized carbons (Fsp3) is 0.611. The number of nitrogens with zero attached hydrogens (tertiary/aromatic N) is 1. The van der Waals surface area contributed by atoms with E-state index >= 15 is 0 Å². The third-order valence-corrected chi connectivity index (χ3v) is 4.40. The van der Waals surface area contributed by atoms with Gasteiger partial charge in [-0.25, -0.2) is 4.79 Å². The van der Waals surface area contributed by atoms with E-state index in [-0.39, 0.29) is 24.6 Å². The summed E-state index contributed by atoms with van der Waals surface area (Å²) in [5, 5.41) is 15.4. The van der Waals surface area contributed by atoms with E-state index < -0.39 is 0 Å². The molecule has 2 rings (SSSR count). The highest BCUT2D eigenvalue weighted by atomic mass is 16.3. The molecule has 0 radical (unpaired) electrons. The normalized spacial score (nSPS) is 21.2. The third kappa shape index (κ3) is 5.84. The second kappa shape index (κ2) is 8.89. The van der Waals surface area contributed by atoms with Crippen LogP contribution in [0.4, 0.5) is 4.79 Å². The lowest BCUT2D eigenvalue weighted by Gasteiger charge is -2.30. The van der Waals surface area contributed by atoms with Gasteiger partial charge in [0.1, 0.15) is 0 Å². The Hall–Kier alpha value is -1.59. The molecule has 5 nitrogen and oxygen atoms in total. The minimum Gasteiger partial charge on any atom is -0.396 e. The van der Waals surface area contributed by atoms with Crippen molar-refractivity contribution >= 4 is 6.03 Å². The summed E-state index contributed by atoms with van der Waals surface area (Å²) in [6.07, 6.45) is 4.21. The first-order chi connectivity index (χ1) is 11.1. The van der Waals surface area contributed by atoms with Crippen LogP contribution in [0.15, 0.2) is 24.3 Å². The van der Waals surface area contributed by atoms with Crippen LogP contribution in [0.1, 0.15) is 36.8 Å². The Morgan fingerprint density at radius 1 is 1.26 bits per heavy atom. The van der Waals surface area contributed by atoms with Gasteiger partial charge in [-0.3, -0.25) is 0 Å². The Morgan fingerprint density at radius 2 is 2.00 bits per heavy atom. The lowest BCUT2D eigenvalue weighted by Crippen LogP contribution is -2.47. The Balaban J connectivity index is 1.82. The largest absolute Gasteiger partial charge is 0.396 e. The predicted molar refractivity (Wildman–Crippen MR) is 92.0 cm³/mol. The Labute approximate surface area is 139 Å². The molecule has 0 spiro atoms. The monoisotopic (exact) mass is 319 g/mol. The summed E-state index contributed by atoms with van der Waals surface area (Å²) in [4.78, 5) is 14.2. The molecule has 2 unspecified atom stereocenters. The van der Waals surface area contributed by atoms with E-state index in [1.54, 1.807) is 0 Å². The van der Waals surface area contributed by atoms with Crippen molar-refractivity contribution in [3.63, 3.8) is 0 Å². The van der Waals surface area contributed by atoms with Crippen LogP contribution in [0.2, 0.25) is 0 Å². The molecule has 0 heterocycles. The second-order valence-electron chi connectivity index (χ2n) is 6.72. The zero-order valence-electron chi connectivity index (χ0n) is 14.2. The summed E-state index contributed by atoms with van der Waals surface area (Å²) in [7, 11) is 4.08. The van der Waals surface area contributed by atoms with Gasteiger partial charge in [-0.1, -0.05) is 37.1 Å². The molecule has 2 amide bonds. The van der Waals surface area contributed by atoms with Gasteiger partial charge in [-0.15, -0.1) is 0 Å². The van der Waals surface area contributed by atoms with Crippen molar-refractivity contribution in [2.75, 3.05) is 20.7 Å². The minimum absolute atomic E-state index is 0.0915. The van der Waals surface area contributed by atoms with Crippen molar-refractivity contribution in [3.05, 3.63) is 35.4 Å². The molecule has 1 fully saturated rings. The van der Waals surface area contributed by atoms with E-state index in [2.05, 4.69) is 27.7 Å². The van der Waals surface area contributed by atoms with Gasteiger partial charge >= 0.3 is 6.03 Å². The van der Waals surface area contributed by atoms with Gasteiger partial charge in [-0.05, 0) is 38.1 Å². The minimum atomic E-state index is -0.145. The summed E-state index contributed by atoms with van der Waals surface area (Å²) < 4.78 is 0. The van der Waals surface area contributed by atoms with E-state index in [1.807, 2.05) is 26.2 Å². The first-order valence-electron chi connectivity index (χ1n) is 8.46. The van der Waals surface area contributed by atoms with E-state index in [1.165, 1.54) is 5.56 Å². The number of hydrogen-bond acceptors (Lipinski definition) is 3. The average Bonchev–Trinajstić information content (AvgIpc) is 2.53. The summed E-state index contributed by atoms with van der Waals surface area (Å²) in [5.41, 5.74) is 2.34. The van der Waals surface area contributed by atoms with Gasteiger partial charge in [0.15, 0.2) is 0 Å². The van der Waals surface area contributed by atoms with Gasteiger partial charge < -0.3 is 20.6 Å². The zero-order valence-corrected chi connectivity index (χ0v) is 14.2. The Bertz CT molecular complexity index is 505. The molecular weight excluding hydrogens is 290 g/mol. The molecular formula is C18H29N3O2. The molecule has 5 heteroatoms. The molecule has 0 aromatic heterocycles. The van der Waals surface area contributed by atoms with E-state index in [9.17, 15) is 9.90 Å². The van der Waals surface area contributed by atoms with Crippen LogP contribution in [0.3, 0.4) is 0 Å². The van der Waals surface area contributed by atoms with Crippen molar-refractivity contribution in [2.45, 2.75) is 44.8 Å². The number of amides is 2. The summed E-state index contributed by atoms with van der Waals surface area (Å²) in [5.74, 6) is 0.193. The highest BCUT2D eigenvalue weighted by molar-refractivity contribution is 5.74. The molecule has 1 aromatic rings. The highest BCUT2D eigenvalue weighted by Gasteiger charge is 2.25. The number of benzene rings is 1. The van der Waals surface area contributed by atoms with E-state index in [0.717, 1.165) is 37.8 Å². The maximum absolute atomic E-state index is 12.1. The molecule has 3 N–H and O–H groups in total. The third-order valence-electron chi connectivity index (χ3n) is 4.40. The number of aliphatic hydroxyl groups excluding tert-OH is 1. The molecule has 1 aliphatic carbocycles. The number of aliphatic hydroxyl groups is 1.